The SMILES string of the molecule is COc1ccc(C(NS(=O)(=O)c2ccc(C)cc2)P(=O)(Oc2ccccc2)Oc2ccccc2)cc1OC. The van der Waals surface area contributed by atoms with Gasteiger partial charge in [0.2, 0.25) is 10.0 Å². The van der Waals surface area contributed by atoms with Crippen LogP contribution in [0.2, 0.25) is 0 Å². The van der Waals surface area contributed by atoms with E-state index >= 15 is 0 Å². The molecule has 198 valence electrons. The average molecular weight is 554 g/mol. The van der Waals surface area contributed by atoms with Crippen molar-refractivity contribution in [1.29, 1.82) is 0 Å². The van der Waals surface area contributed by atoms with Crippen LogP contribution in [0.1, 0.15) is 16.9 Å². The number of methoxy groups -OCH3 is 2. The average Bonchev–Trinajstić information content (AvgIpc) is 2.92. The second-order valence-electron chi connectivity index (χ2n) is 8.30. The molecule has 0 fully saturated rings. The van der Waals surface area contributed by atoms with Gasteiger partial charge in [-0.05, 0) is 61.0 Å². The van der Waals surface area contributed by atoms with Crippen LogP contribution in [0.5, 0.6) is 23.0 Å². The zero-order valence-corrected chi connectivity index (χ0v) is 22.8. The first-order valence-electron chi connectivity index (χ1n) is 11.6. The van der Waals surface area contributed by atoms with Crippen molar-refractivity contribution in [3.63, 3.8) is 0 Å². The molecule has 4 aromatic rings. The zero-order chi connectivity index (χ0) is 27.2. The first kappa shape index (κ1) is 27.3. The predicted octanol–water partition coefficient (Wildman–Crippen LogP) is 6.34. The van der Waals surface area contributed by atoms with Gasteiger partial charge < -0.3 is 18.5 Å². The van der Waals surface area contributed by atoms with Crippen LogP contribution < -0.4 is 23.2 Å². The molecule has 0 aromatic heterocycles. The highest BCUT2D eigenvalue weighted by Gasteiger charge is 2.44. The number of aryl methyl sites for hydroxylation is 1. The highest BCUT2D eigenvalue weighted by atomic mass is 32.2. The monoisotopic (exact) mass is 553 g/mol. The molecule has 0 spiro atoms. The van der Waals surface area contributed by atoms with E-state index in [1.54, 1.807) is 84.9 Å². The van der Waals surface area contributed by atoms with Crippen LogP contribution in [0.4, 0.5) is 0 Å². The fraction of sp³-hybridized carbons (Fsp3) is 0.143. The molecule has 10 heteroatoms. The van der Waals surface area contributed by atoms with Gasteiger partial charge in [-0.1, -0.05) is 60.2 Å². The normalized spacial score (nSPS) is 12.4. The van der Waals surface area contributed by atoms with Gasteiger partial charge in [0.1, 0.15) is 11.5 Å². The zero-order valence-electron chi connectivity index (χ0n) is 21.1. The number of hydrogen-bond donors (Lipinski definition) is 1. The van der Waals surface area contributed by atoms with Crippen molar-refractivity contribution in [1.82, 2.24) is 4.72 Å². The Morgan fingerprint density at radius 2 is 1.24 bits per heavy atom. The Kier molecular flexibility index (Phi) is 8.42. The van der Waals surface area contributed by atoms with Crippen LogP contribution >= 0.6 is 7.60 Å². The predicted molar refractivity (Wildman–Crippen MR) is 146 cm³/mol. The summed E-state index contributed by atoms with van der Waals surface area (Å²) < 4.78 is 67.2. The van der Waals surface area contributed by atoms with E-state index < -0.39 is 23.4 Å². The lowest BCUT2D eigenvalue weighted by Gasteiger charge is -2.28. The minimum Gasteiger partial charge on any atom is -0.493 e. The lowest BCUT2D eigenvalue weighted by atomic mass is 10.2. The Hall–Kier alpha value is -3.78. The third kappa shape index (κ3) is 6.37. The molecule has 1 unspecified atom stereocenters. The number of rotatable bonds is 11. The van der Waals surface area contributed by atoms with Crippen LogP contribution in [-0.2, 0) is 14.6 Å². The van der Waals surface area contributed by atoms with Gasteiger partial charge in [-0.15, -0.1) is 0 Å². The Balaban J connectivity index is 1.88. The van der Waals surface area contributed by atoms with Gasteiger partial charge in [-0.25, -0.2) is 13.0 Å². The molecule has 0 bridgehead atoms. The standard InChI is InChI=1S/C28H28NO7PS/c1-21-14-17-25(18-15-21)38(31,32)29-28(22-16-19-26(33-2)27(20-22)34-3)37(30,35-23-10-6-4-7-11-23)36-24-12-8-5-9-13-24/h4-20,28-29H,1-3H3. The van der Waals surface area contributed by atoms with Gasteiger partial charge in [0.15, 0.2) is 17.3 Å². The largest absolute Gasteiger partial charge is 0.493 e. The van der Waals surface area contributed by atoms with Crippen LogP contribution in [0.15, 0.2) is 108 Å². The molecule has 0 saturated heterocycles. The summed E-state index contributed by atoms with van der Waals surface area (Å²) in [4.78, 5) is -0.000418. The molecule has 8 nitrogen and oxygen atoms in total. The van der Waals surface area contributed by atoms with Gasteiger partial charge in [0.05, 0.1) is 19.1 Å². The fourth-order valence-electron chi connectivity index (χ4n) is 3.65. The molecule has 0 amide bonds. The number of benzene rings is 4. The highest BCUT2D eigenvalue weighted by Crippen LogP contribution is 2.59. The smallest absolute Gasteiger partial charge is 0.453 e. The van der Waals surface area contributed by atoms with E-state index in [9.17, 15) is 13.0 Å². The Morgan fingerprint density at radius 3 is 1.74 bits per heavy atom. The van der Waals surface area contributed by atoms with E-state index in [4.69, 9.17) is 18.5 Å². The van der Waals surface area contributed by atoms with Gasteiger partial charge in [0.25, 0.3) is 0 Å². The van der Waals surface area contributed by atoms with Crippen LogP contribution in [0, 0.1) is 6.92 Å². The maximum Gasteiger partial charge on any atom is 0.453 e. The molecular weight excluding hydrogens is 525 g/mol. The first-order chi connectivity index (χ1) is 18.2. The quantitative estimate of drug-likeness (QED) is 0.216. The second kappa shape index (κ2) is 11.7. The van der Waals surface area contributed by atoms with E-state index in [2.05, 4.69) is 4.72 Å². The summed E-state index contributed by atoms with van der Waals surface area (Å²) in [7, 11) is -5.61. The molecular formula is C28H28NO7PS. The van der Waals surface area contributed by atoms with Crippen molar-refractivity contribution in [2.75, 3.05) is 14.2 Å². The number of sulfonamides is 1. The molecule has 1 N–H and O–H groups in total. The van der Waals surface area contributed by atoms with Crippen molar-refractivity contribution >= 4 is 17.6 Å². The van der Waals surface area contributed by atoms with Gasteiger partial charge >= 0.3 is 7.60 Å². The lowest BCUT2D eigenvalue weighted by molar-refractivity contribution is 0.352. The van der Waals surface area contributed by atoms with E-state index in [0.29, 0.717) is 11.5 Å². The molecule has 0 aliphatic carbocycles. The summed E-state index contributed by atoms with van der Waals surface area (Å²) in [5, 5.41) is 0. The minimum atomic E-state index is -4.36. The van der Waals surface area contributed by atoms with Crippen LogP contribution in [0.25, 0.3) is 0 Å². The summed E-state index contributed by atoms with van der Waals surface area (Å²) in [6.07, 6.45) is 0. The molecule has 38 heavy (non-hydrogen) atoms. The van der Waals surface area contributed by atoms with Crippen molar-refractivity contribution < 1.29 is 31.5 Å². The highest BCUT2D eigenvalue weighted by molar-refractivity contribution is 7.89. The van der Waals surface area contributed by atoms with Crippen LogP contribution in [-0.4, -0.2) is 22.6 Å². The summed E-state index contributed by atoms with van der Waals surface area (Å²) in [5.41, 5.74) is 1.18. The maximum absolute atomic E-state index is 14.7. The van der Waals surface area contributed by atoms with E-state index in [1.807, 2.05) is 6.92 Å². The first-order valence-corrected chi connectivity index (χ1v) is 14.7. The van der Waals surface area contributed by atoms with E-state index in [-0.39, 0.29) is 22.0 Å². The molecule has 4 aromatic carbocycles. The third-order valence-electron chi connectivity index (χ3n) is 5.59. The number of para-hydroxylation sites is 2. The van der Waals surface area contributed by atoms with E-state index in [0.717, 1.165) is 5.56 Å². The summed E-state index contributed by atoms with van der Waals surface area (Å²) in [5.74, 6) is -0.248. The third-order valence-corrected chi connectivity index (χ3v) is 9.19. The second-order valence-corrected chi connectivity index (χ2v) is 12.0. The summed E-state index contributed by atoms with van der Waals surface area (Å²) in [6, 6.07) is 27.9. The van der Waals surface area contributed by atoms with Crippen LogP contribution in [0.3, 0.4) is 0 Å². The van der Waals surface area contributed by atoms with Crippen molar-refractivity contribution in [2.24, 2.45) is 0 Å². The summed E-state index contributed by atoms with van der Waals surface area (Å²) in [6.45, 7) is 1.85. The molecule has 0 radical (unpaired) electrons. The lowest BCUT2D eigenvalue weighted by Crippen LogP contribution is -2.31. The molecule has 0 aliphatic heterocycles. The van der Waals surface area contributed by atoms with Crippen molar-refractivity contribution in [2.45, 2.75) is 17.6 Å². The Labute approximate surface area is 222 Å². The molecule has 1 atom stereocenters. The molecule has 0 heterocycles. The minimum absolute atomic E-state index is 0.000418. The molecule has 4 rings (SSSR count). The van der Waals surface area contributed by atoms with Crippen molar-refractivity contribution in [3.05, 3.63) is 114 Å². The fourth-order valence-corrected chi connectivity index (χ4v) is 7.25. The molecule has 0 aliphatic rings. The van der Waals surface area contributed by atoms with Gasteiger partial charge in [0, 0.05) is 0 Å². The maximum atomic E-state index is 14.7. The number of nitrogens with one attached hydrogen (secondary N) is 1. The van der Waals surface area contributed by atoms with Gasteiger partial charge in [-0.3, -0.25) is 0 Å². The number of ether oxygens (including phenoxy) is 2. The Bertz CT molecular complexity index is 1470. The topological polar surface area (TPSA) is 100 Å². The number of hydrogen-bond acceptors (Lipinski definition) is 7. The summed E-state index contributed by atoms with van der Waals surface area (Å²) >= 11 is 0. The Morgan fingerprint density at radius 1 is 0.711 bits per heavy atom. The van der Waals surface area contributed by atoms with Gasteiger partial charge in [-0.2, -0.15) is 4.72 Å². The molecule has 0 saturated carbocycles. The van der Waals surface area contributed by atoms with E-state index in [1.165, 1.54) is 32.4 Å². The van der Waals surface area contributed by atoms with Crippen molar-refractivity contribution in [3.8, 4) is 23.0 Å².